The molecule has 1 saturated heterocycles. The molecule has 0 saturated carbocycles. The topological polar surface area (TPSA) is 104 Å². The van der Waals surface area contributed by atoms with Crippen LogP contribution in [0.1, 0.15) is 26.7 Å². The SMILES string of the molecule is CCN(CC(C)C(=O)O)C(=O)N1CCCC1C(N)=O. The van der Waals surface area contributed by atoms with Crippen LogP contribution in [-0.2, 0) is 9.59 Å². The number of urea groups is 1. The molecule has 0 aromatic carbocycles. The van der Waals surface area contributed by atoms with E-state index >= 15 is 0 Å². The van der Waals surface area contributed by atoms with Crippen LogP contribution in [0.4, 0.5) is 4.79 Å². The van der Waals surface area contributed by atoms with Gasteiger partial charge in [-0.2, -0.15) is 0 Å². The monoisotopic (exact) mass is 271 g/mol. The van der Waals surface area contributed by atoms with Crippen LogP contribution >= 0.6 is 0 Å². The van der Waals surface area contributed by atoms with Crippen LogP contribution in [0.5, 0.6) is 0 Å². The molecule has 0 aliphatic carbocycles. The van der Waals surface area contributed by atoms with E-state index in [1.807, 2.05) is 0 Å². The van der Waals surface area contributed by atoms with E-state index in [0.29, 0.717) is 19.5 Å². The summed E-state index contributed by atoms with van der Waals surface area (Å²) in [5.41, 5.74) is 5.27. The van der Waals surface area contributed by atoms with Gasteiger partial charge >= 0.3 is 12.0 Å². The van der Waals surface area contributed by atoms with E-state index in [0.717, 1.165) is 6.42 Å². The lowest BCUT2D eigenvalue weighted by Gasteiger charge is -2.30. The first-order valence-corrected chi connectivity index (χ1v) is 6.46. The first-order chi connectivity index (χ1) is 8.88. The number of carboxylic acids is 1. The molecule has 108 valence electrons. The van der Waals surface area contributed by atoms with Crippen LogP contribution in [0.2, 0.25) is 0 Å². The number of amides is 3. The predicted molar refractivity (Wildman–Crippen MR) is 68.4 cm³/mol. The lowest BCUT2D eigenvalue weighted by atomic mass is 10.1. The lowest BCUT2D eigenvalue weighted by Crippen LogP contribution is -2.51. The third-order valence-electron chi connectivity index (χ3n) is 3.39. The molecular weight excluding hydrogens is 250 g/mol. The van der Waals surface area contributed by atoms with Crippen molar-refractivity contribution in [3.8, 4) is 0 Å². The van der Waals surface area contributed by atoms with E-state index in [-0.39, 0.29) is 12.6 Å². The molecule has 1 aliphatic rings. The number of rotatable bonds is 5. The molecule has 1 heterocycles. The van der Waals surface area contributed by atoms with E-state index in [1.54, 1.807) is 13.8 Å². The second-order valence-electron chi connectivity index (χ2n) is 4.81. The number of carboxylic acid groups (broad SMARTS) is 1. The highest BCUT2D eigenvalue weighted by Crippen LogP contribution is 2.19. The average molecular weight is 271 g/mol. The zero-order chi connectivity index (χ0) is 14.6. The Kier molecular flexibility index (Phi) is 5.14. The van der Waals surface area contributed by atoms with E-state index in [9.17, 15) is 14.4 Å². The summed E-state index contributed by atoms with van der Waals surface area (Å²) in [4.78, 5) is 37.3. The van der Waals surface area contributed by atoms with Crippen molar-refractivity contribution < 1.29 is 19.5 Å². The van der Waals surface area contributed by atoms with Crippen molar-refractivity contribution >= 4 is 17.9 Å². The third-order valence-corrected chi connectivity index (χ3v) is 3.39. The van der Waals surface area contributed by atoms with Gasteiger partial charge in [0, 0.05) is 19.6 Å². The summed E-state index contributed by atoms with van der Waals surface area (Å²) in [5.74, 6) is -2.09. The molecule has 3 N–H and O–H groups in total. The fraction of sp³-hybridized carbons (Fsp3) is 0.750. The van der Waals surface area contributed by atoms with Crippen LogP contribution in [0.25, 0.3) is 0 Å². The Morgan fingerprint density at radius 2 is 2.11 bits per heavy atom. The maximum atomic E-state index is 12.3. The van der Waals surface area contributed by atoms with Crippen molar-refractivity contribution in [2.24, 2.45) is 11.7 Å². The highest BCUT2D eigenvalue weighted by atomic mass is 16.4. The van der Waals surface area contributed by atoms with Gasteiger partial charge in [0.2, 0.25) is 5.91 Å². The number of aliphatic carboxylic acids is 1. The molecule has 0 radical (unpaired) electrons. The van der Waals surface area contributed by atoms with Crippen molar-refractivity contribution in [3.63, 3.8) is 0 Å². The summed E-state index contributed by atoms with van der Waals surface area (Å²) in [7, 11) is 0. The molecule has 0 aromatic rings. The first kappa shape index (κ1) is 15.3. The highest BCUT2D eigenvalue weighted by Gasteiger charge is 2.35. The fourth-order valence-corrected chi connectivity index (χ4v) is 2.22. The predicted octanol–water partition coefficient (Wildman–Crippen LogP) is 0.0987. The van der Waals surface area contributed by atoms with Crippen LogP contribution < -0.4 is 5.73 Å². The Bertz CT molecular complexity index is 372. The Morgan fingerprint density at radius 1 is 1.47 bits per heavy atom. The van der Waals surface area contributed by atoms with Crippen molar-refractivity contribution in [1.82, 2.24) is 9.80 Å². The zero-order valence-corrected chi connectivity index (χ0v) is 11.3. The number of carbonyl (C=O) groups is 3. The maximum absolute atomic E-state index is 12.3. The van der Waals surface area contributed by atoms with Crippen molar-refractivity contribution in [3.05, 3.63) is 0 Å². The second kappa shape index (κ2) is 6.40. The number of primary amides is 1. The molecule has 2 unspecified atom stereocenters. The zero-order valence-electron chi connectivity index (χ0n) is 11.3. The van der Waals surface area contributed by atoms with Crippen LogP contribution in [0.15, 0.2) is 0 Å². The standard InChI is InChI=1S/C12H21N3O4/c1-3-14(7-8(2)11(17)18)12(19)15-6-4-5-9(15)10(13)16/h8-9H,3-7H2,1-2H3,(H2,13,16)(H,17,18). The second-order valence-corrected chi connectivity index (χ2v) is 4.81. The largest absolute Gasteiger partial charge is 0.481 e. The van der Waals surface area contributed by atoms with Crippen LogP contribution in [0.3, 0.4) is 0 Å². The molecule has 2 atom stereocenters. The van der Waals surface area contributed by atoms with Gasteiger partial charge in [-0.25, -0.2) is 4.79 Å². The molecule has 7 nitrogen and oxygen atoms in total. The molecular formula is C12H21N3O4. The Morgan fingerprint density at radius 3 is 2.58 bits per heavy atom. The Labute approximate surface area is 112 Å². The van der Waals surface area contributed by atoms with E-state index in [2.05, 4.69) is 0 Å². The minimum atomic E-state index is -0.945. The molecule has 1 fully saturated rings. The van der Waals surface area contributed by atoms with E-state index in [4.69, 9.17) is 10.8 Å². The van der Waals surface area contributed by atoms with Gasteiger partial charge in [0.1, 0.15) is 6.04 Å². The minimum absolute atomic E-state index is 0.132. The fourth-order valence-electron chi connectivity index (χ4n) is 2.22. The van der Waals surface area contributed by atoms with Gasteiger partial charge in [0.25, 0.3) is 0 Å². The molecule has 0 aromatic heterocycles. The number of nitrogens with zero attached hydrogens (tertiary/aromatic N) is 2. The summed E-state index contributed by atoms with van der Waals surface area (Å²) in [6.45, 7) is 4.35. The molecule has 3 amide bonds. The first-order valence-electron chi connectivity index (χ1n) is 6.46. The molecule has 19 heavy (non-hydrogen) atoms. The Hall–Kier alpha value is -1.79. The van der Waals surface area contributed by atoms with Gasteiger partial charge in [-0.1, -0.05) is 6.92 Å². The van der Waals surface area contributed by atoms with Gasteiger partial charge in [0.05, 0.1) is 5.92 Å². The smallest absolute Gasteiger partial charge is 0.320 e. The van der Waals surface area contributed by atoms with Gasteiger partial charge in [-0.15, -0.1) is 0 Å². The van der Waals surface area contributed by atoms with E-state index in [1.165, 1.54) is 9.80 Å². The summed E-state index contributed by atoms with van der Waals surface area (Å²) in [6.07, 6.45) is 1.32. The van der Waals surface area contributed by atoms with Gasteiger partial charge in [-0.05, 0) is 19.8 Å². The summed E-state index contributed by atoms with van der Waals surface area (Å²) in [5, 5.41) is 8.89. The molecule has 1 aliphatic heterocycles. The highest BCUT2D eigenvalue weighted by molar-refractivity contribution is 5.86. The van der Waals surface area contributed by atoms with Crippen LogP contribution in [0, 0.1) is 5.92 Å². The maximum Gasteiger partial charge on any atom is 0.320 e. The number of likely N-dealkylation sites (tertiary alicyclic amines) is 1. The van der Waals surface area contributed by atoms with Gasteiger partial charge in [0.15, 0.2) is 0 Å². The van der Waals surface area contributed by atoms with Crippen LogP contribution in [-0.4, -0.2) is 58.5 Å². The molecule has 7 heteroatoms. The van der Waals surface area contributed by atoms with E-state index < -0.39 is 23.8 Å². The summed E-state index contributed by atoms with van der Waals surface area (Å²) >= 11 is 0. The average Bonchev–Trinajstić information content (AvgIpc) is 2.83. The quantitative estimate of drug-likeness (QED) is 0.739. The number of hydrogen-bond acceptors (Lipinski definition) is 3. The Balaban J connectivity index is 2.72. The lowest BCUT2D eigenvalue weighted by molar-refractivity contribution is -0.141. The van der Waals surface area contributed by atoms with Crippen molar-refractivity contribution in [1.29, 1.82) is 0 Å². The molecule has 1 rings (SSSR count). The van der Waals surface area contributed by atoms with Gasteiger partial charge in [-0.3, -0.25) is 9.59 Å². The molecule has 0 bridgehead atoms. The number of carbonyl (C=O) groups excluding carboxylic acids is 2. The third kappa shape index (κ3) is 3.59. The number of nitrogens with two attached hydrogens (primary N) is 1. The molecule has 0 spiro atoms. The van der Waals surface area contributed by atoms with Crippen molar-refractivity contribution in [2.75, 3.05) is 19.6 Å². The minimum Gasteiger partial charge on any atom is -0.481 e. The summed E-state index contributed by atoms with van der Waals surface area (Å²) in [6, 6.07) is -0.876. The van der Waals surface area contributed by atoms with Gasteiger partial charge < -0.3 is 20.6 Å². The normalized spacial score (nSPS) is 20.1. The summed E-state index contributed by atoms with van der Waals surface area (Å²) < 4.78 is 0. The number of hydrogen-bond donors (Lipinski definition) is 2. The van der Waals surface area contributed by atoms with Crippen molar-refractivity contribution in [2.45, 2.75) is 32.7 Å².